The quantitative estimate of drug-likeness (QED) is 0.551. The van der Waals surface area contributed by atoms with E-state index >= 15 is 0 Å². The Morgan fingerprint density at radius 2 is 1.76 bits per heavy atom. The molecule has 0 spiro atoms. The molecule has 0 bridgehead atoms. The Labute approximate surface area is 192 Å². The van der Waals surface area contributed by atoms with E-state index in [9.17, 15) is 14.0 Å². The number of furan rings is 1. The number of fused-ring (bicyclic) bond motifs is 1. The number of carbonyl (C=O) groups is 2. The molecule has 2 amide bonds. The predicted octanol–water partition coefficient (Wildman–Crippen LogP) is 5.80. The van der Waals surface area contributed by atoms with Crippen molar-refractivity contribution in [3.05, 3.63) is 77.3 Å². The van der Waals surface area contributed by atoms with Gasteiger partial charge in [0.25, 0.3) is 5.91 Å². The van der Waals surface area contributed by atoms with Gasteiger partial charge in [-0.15, -0.1) is 0 Å². The highest BCUT2D eigenvalue weighted by atomic mass is 19.1. The molecule has 1 fully saturated rings. The van der Waals surface area contributed by atoms with E-state index in [0.29, 0.717) is 18.8 Å². The van der Waals surface area contributed by atoms with Gasteiger partial charge in [0, 0.05) is 42.2 Å². The minimum atomic E-state index is -0.552. The molecule has 2 aliphatic rings. The molecule has 1 N–H and O–H groups in total. The van der Waals surface area contributed by atoms with Crippen molar-refractivity contribution in [3.8, 4) is 11.3 Å². The second kappa shape index (κ2) is 9.22. The third-order valence-corrected chi connectivity index (χ3v) is 6.68. The van der Waals surface area contributed by atoms with Gasteiger partial charge in [0.15, 0.2) is 0 Å². The molecular formula is C27H27FN2O3. The van der Waals surface area contributed by atoms with Crippen LogP contribution in [0.5, 0.6) is 0 Å². The highest BCUT2D eigenvalue weighted by Crippen LogP contribution is 2.32. The number of amides is 2. The first-order valence-corrected chi connectivity index (χ1v) is 11.6. The summed E-state index contributed by atoms with van der Waals surface area (Å²) in [4.78, 5) is 27.2. The fraction of sp³-hybridized carbons (Fsp3) is 0.333. The molecule has 1 aliphatic carbocycles. The molecule has 2 aromatic carbocycles. The average Bonchev–Trinajstić information content (AvgIpc) is 3.28. The first-order chi connectivity index (χ1) is 16.1. The summed E-state index contributed by atoms with van der Waals surface area (Å²) in [6.45, 7) is 1.31. The van der Waals surface area contributed by atoms with Crippen LogP contribution in [0.3, 0.4) is 0 Å². The maximum Gasteiger partial charge on any atom is 0.258 e. The number of hydrogen-bond donors (Lipinski definition) is 1. The van der Waals surface area contributed by atoms with Gasteiger partial charge in [0.05, 0.1) is 5.56 Å². The van der Waals surface area contributed by atoms with Crippen LogP contribution in [0.1, 0.15) is 53.8 Å². The molecule has 33 heavy (non-hydrogen) atoms. The Bertz CT molecular complexity index is 1160. The van der Waals surface area contributed by atoms with Crippen molar-refractivity contribution < 1.29 is 18.4 Å². The lowest BCUT2D eigenvalue weighted by Crippen LogP contribution is -2.40. The fourth-order valence-electron chi connectivity index (χ4n) is 4.83. The summed E-state index contributed by atoms with van der Waals surface area (Å²) in [7, 11) is 0. The minimum absolute atomic E-state index is 0.00705. The van der Waals surface area contributed by atoms with Gasteiger partial charge in [0.1, 0.15) is 17.3 Å². The van der Waals surface area contributed by atoms with Crippen molar-refractivity contribution in [1.82, 2.24) is 4.90 Å². The molecule has 1 aromatic heterocycles. The molecule has 0 unspecified atom stereocenters. The van der Waals surface area contributed by atoms with E-state index in [4.69, 9.17) is 4.42 Å². The monoisotopic (exact) mass is 446 g/mol. The minimum Gasteiger partial charge on any atom is -0.461 e. The highest BCUT2D eigenvalue weighted by Gasteiger charge is 2.30. The van der Waals surface area contributed by atoms with Crippen molar-refractivity contribution in [2.45, 2.75) is 45.1 Å². The van der Waals surface area contributed by atoms with Crippen LogP contribution in [0.4, 0.5) is 10.1 Å². The molecule has 0 saturated heterocycles. The van der Waals surface area contributed by atoms with Crippen LogP contribution >= 0.6 is 0 Å². The van der Waals surface area contributed by atoms with E-state index in [1.54, 1.807) is 24.3 Å². The van der Waals surface area contributed by atoms with Crippen molar-refractivity contribution in [3.63, 3.8) is 0 Å². The molecule has 6 heteroatoms. The molecule has 5 nitrogen and oxygen atoms in total. The second-order valence-electron chi connectivity index (χ2n) is 8.92. The predicted molar refractivity (Wildman–Crippen MR) is 124 cm³/mol. The van der Waals surface area contributed by atoms with Crippen LogP contribution in [0, 0.1) is 11.7 Å². The summed E-state index contributed by atoms with van der Waals surface area (Å²) < 4.78 is 19.9. The number of rotatable bonds is 4. The maximum absolute atomic E-state index is 13.8. The summed E-state index contributed by atoms with van der Waals surface area (Å²) in [5.41, 5.74) is 2.54. The molecule has 5 rings (SSSR count). The standard InChI is InChI=1S/C27H27FN2O3/c28-23-9-5-4-8-22(23)26(31)29-21-12-10-18(11-13-21)25-16-20-17-30(15-14-24(20)33-25)27(32)19-6-2-1-3-7-19/h4-5,8-13,16,19H,1-3,6-7,14-15,17H2,(H,29,31). The molecular weight excluding hydrogens is 419 g/mol. The molecule has 170 valence electrons. The number of carbonyl (C=O) groups excluding carboxylic acids is 2. The van der Waals surface area contributed by atoms with Gasteiger partial charge in [-0.25, -0.2) is 4.39 Å². The molecule has 1 saturated carbocycles. The maximum atomic E-state index is 13.8. The summed E-state index contributed by atoms with van der Waals surface area (Å²) in [5, 5.41) is 2.72. The Hall–Kier alpha value is -3.41. The van der Waals surface area contributed by atoms with Gasteiger partial charge in [-0.2, -0.15) is 0 Å². The van der Waals surface area contributed by atoms with Gasteiger partial charge >= 0.3 is 0 Å². The van der Waals surface area contributed by atoms with Gasteiger partial charge in [0.2, 0.25) is 5.91 Å². The summed E-state index contributed by atoms with van der Waals surface area (Å²) in [6, 6.07) is 15.2. The van der Waals surface area contributed by atoms with Crippen LogP contribution in [0.25, 0.3) is 11.3 Å². The lowest BCUT2D eigenvalue weighted by molar-refractivity contribution is -0.137. The fourth-order valence-corrected chi connectivity index (χ4v) is 4.83. The lowest BCUT2D eigenvalue weighted by Gasteiger charge is -2.31. The molecule has 2 heterocycles. The number of nitrogens with zero attached hydrogens (tertiary/aromatic N) is 1. The smallest absolute Gasteiger partial charge is 0.258 e. The molecule has 3 aromatic rings. The number of anilines is 1. The van der Waals surface area contributed by atoms with Gasteiger partial charge in [-0.1, -0.05) is 31.4 Å². The number of benzene rings is 2. The van der Waals surface area contributed by atoms with Crippen molar-refractivity contribution >= 4 is 17.5 Å². The molecule has 1 aliphatic heterocycles. The van der Waals surface area contributed by atoms with Crippen LogP contribution in [-0.2, 0) is 17.8 Å². The Kier molecular flexibility index (Phi) is 5.99. The second-order valence-corrected chi connectivity index (χ2v) is 8.92. The van der Waals surface area contributed by atoms with Crippen LogP contribution < -0.4 is 5.32 Å². The first-order valence-electron chi connectivity index (χ1n) is 11.6. The molecule has 0 atom stereocenters. The topological polar surface area (TPSA) is 62.6 Å². The molecule has 0 radical (unpaired) electrons. The van der Waals surface area contributed by atoms with Crippen LogP contribution in [-0.4, -0.2) is 23.3 Å². The zero-order valence-electron chi connectivity index (χ0n) is 18.5. The van der Waals surface area contributed by atoms with E-state index < -0.39 is 11.7 Å². The van der Waals surface area contributed by atoms with Crippen molar-refractivity contribution in [2.24, 2.45) is 5.92 Å². The first kappa shape index (κ1) is 21.4. The third-order valence-electron chi connectivity index (χ3n) is 6.68. The van der Waals surface area contributed by atoms with Crippen LogP contribution in [0.2, 0.25) is 0 Å². The Balaban J connectivity index is 1.26. The van der Waals surface area contributed by atoms with Gasteiger partial charge in [-0.3, -0.25) is 9.59 Å². The normalized spacial score (nSPS) is 16.3. The Morgan fingerprint density at radius 1 is 1.00 bits per heavy atom. The Morgan fingerprint density at radius 3 is 2.52 bits per heavy atom. The van der Waals surface area contributed by atoms with Gasteiger partial charge < -0.3 is 14.6 Å². The summed E-state index contributed by atoms with van der Waals surface area (Å²) in [6.07, 6.45) is 6.30. The zero-order valence-corrected chi connectivity index (χ0v) is 18.5. The number of nitrogens with one attached hydrogen (secondary N) is 1. The van der Waals surface area contributed by atoms with E-state index in [1.165, 1.54) is 18.6 Å². The summed E-state index contributed by atoms with van der Waals surface area (Å²) >= 11 is 0. The SMILES string of the molecule is O=C(Nc1ccc(-c2cc3c(o2)CCN(C(=O)C2CCCCC2)C3)cc1)c1ccccc1F. The van der Waals surface area contributed by atoms with E-state index in [2.05, 4.69) is 5.32 Å². The number of hydrogen-bond acceptors (Lipinski definition) is 3. The zero-order chi connectivity index (χ0) is 22.8. The third kappa shape index (κ3) is 4.56. The average molecular weight is 447 g/mol. The van der Waals surface area contributed by atoms with E-state index in [1.807, 2.05) is 23.1 Å². The summed E-state index contributed by atoms with van der Waals surface area (Å²) in [5.74, 6) is 1.12. The van der Waals surface area contributed by atoms with Crippen molar-refractivity contribution in [2.75, 3.05) is 11.9 Å². The van der Waals surface area contributed by atoms with E-state index in [0.717, 1.165) is 54.8 Å². The lowest BCUT2D eigenvalue weighted by atomic mass is 9.88. The number of halogens is 1. The van der Waals surface area contributed by atoms with E-state index in [-0.39, 0.29) is 17.4 Å². The van der Waals surface area contributed by atoms with Gasteiger partial charge in [-0.05, 0) is 55.3 Å². The van der Waals surface area contributed by atoms with Crippen molar-refractivity contribution in [1.29, 1.82) is 0 Å². The van der Waals surface area contributed by atoms with Crippen LogP contribution in [0.15, 0.2) is 59.0 Å². The largest absolute Gasteiger partial charge is 0.461 e. The highest BCUT2D eigenvalue weighted by molar-refractivity contribution is 6.04.